The first-order valence-electron chi connectivity index (χ1n) is 12.4. The second-order valence-corrected chi connectivity index (χ2v) is 13.7. The molecule has 10 heteroatoms. The number of hydrogen-bond acceptors (Lipinski definition) is 6. The maximum atomic E-state index is 13.8. The van der Waals surface area contributed by atoms with Crippen LogP contribution in [-0.4, -0.2) is 58.6 Å². The van der Waals surface area contributed by atoms with Crippen molar-refractivity contribution in [3.63, 3.8) is 0 Å². The van der Waals surface area contributed by atoms with Gasteiger partial charge in [-0.3, -0.25) is 4.79 Å². The molecule has 2 fully saturated rings. The van der Waals surface area contributed by atoms with Crippen molar-refractivity contribution in [3.05, 3.63) is 54.1 Å². The molecular weight excluding hydrogens is 500 g/mol. The quantitative estimate of drug-likeness (QED) is 0.583. The highest BCUT2D eigenvalue weighted by Crippen LogP contribution is 2.34. The average Bonchev–Trinajstić information content (AvgIpc) is 2.88. The summed E-state index contributed by atoms with van der Waals surface area (Å²) in [7, 11) is -5.93. The van der Waals surface area contributed by atoms with Crippen molar-refractivity contribution in [3.8, 4) is 5.75 Å². The van der Waals surface area contributed by atoms with E-state index >= 15 is 0 Å². The zero-order valence-electron chi connectivity index (χ0n) is 20.8. The molecule has 1 N–H and O–H groups in total. The van der Waals surface area contributed by atoms with Crippen molar-refractivity contribution in [2.45, 2.75) is 72.4 Å². The number of benzene rings is 2. The SMILES string of the molecule is COc1ccc(S(=O)(=O)C2CCN(C(=O)C3(NS(=O)(=O)c4cccc(C)c4)CCCCC3)CC2)cc1. The van der Waals surface area contributed by atoms with E-state index in [2.05, 4.69) is 4.72 Å². The molecule has 36 heavy (non-hydrogen) atoms. The fourth-order valence-electron chi connectivity index (χ4n) is 5.24. The van der Waals surface area contributed by atoms with Crippen LogP contribution in [-0.2, 0) is 24.7 Å². The van der Waals surface area contributed by atoms with Crippen LogP contribution in [0, 0.1) is 6.92 Å². The molecule has 2 aromatic rings. The van der Waals surface area contributed by atoms with E-state index in [-0.39, 0.29) is 28.8 Å². The van der Waals surface area contributed by atoms with Crippen LogP contribution in [0.2, 0.25) is 0 Å². The van der Waals surface area contributed by atoms with Gasteiger partial charge in [-0.25, -0.2) is 16.8 Å². The summed E-state index contributed by atoms with van der Waals surface area (Å²) in [5, 5.41) is -0.596. The summed E-state index contributed by atoms with van der Waals surface area (Å²) >= 11 is 0. The molecule has 0 bridgehead atoms. The van der Waals surface area contributed by atoms with Gasteiger partial charge in [-0.05, 0) is 74.6 Å². The first-order valence-corrected chi connectivity index (χ1v) is 15.4. The molecule has 1 saturated heterocycles. The predicted octanol–water partition coefficient (Wildman–Crippen LogP) is 3.45. The highest BCUT2D eigenvalue weighted by Gasteiger charge is 2.46. The Hall–Kier alpha value is -2.43. The number of likely N-dealkylation sites (tertiary alicyclic amines) is 1. The first-order chi connectivity index (χ1) is 17.1. The molecule has 1 saturated carbocycles. The number of sulfonamides is 1. The number of sulfone groups is 1. The van der Waals surface area contributed by atoms with Crippen LogP contribution in [0.5, 0.6) is 5.75 Å². The van der Waals surface area contributed by atoms with E-state index in [9.17, 15) is 21.6 Å². The van der Waals surface area contributed by atoms with Crippen molar-refractivity contribution in [2.75, 3.05) is 20.2 Å². The number of aryl methyl sites for hydroxylation is 1. The number of amides is 1. The Morgan fingerprint density at radius 3 is 2.17 bits per heavy atom. The fourth-order valence-corrected chi connectivity index (χ4v) is 8.50. The molecule has 196 valence electrons. The molecular formula is C26H34N2O6S2. The highest BCUT2D eigenvalue weighted by molar-refractivity contribution is 7.92. The number of carbonyl (C=O) groups is 1. The number of hydrogen-bond donors (Lipinski definition) is 1. The van der Waals surface area contributed by atoms with Gasteiger partial charge in [-0.2, -0.15) is 4.72 Å². The van der Waals surface area contributed by atoms with Crippen LogP contribution >= 0.6 is 0 Å². The number of nitrogens with one attached hydrogen (secondary N) is 1. The van der Waals surface area contributed by atoms with E-state index in [4.69, 9.17) is 4.74 Å². The summed E-state index contributed by atoms with van der Waals surface area (Å²) < 4.78 is 60.7. The van der Waals surface area contributed by atoms with Gasteiger partial charge in [0.05, 0.1) is 22.2 Å². The van der Waals surface area contributed by atoms with E-state index in [1.165, 1.54) is 13.2 Å². The van der Waals surface area contributed by atoms with Crippen LogP contribution in [0.1, 0.15) is 50.5 Å². The van der Waals surface area contributed by atoms with Crippen molar-refractivity contribution in [1.82, 2.24) is 9.62 Å². The standard InChI is InChI=1S/C26H34N2O6S2/c1-20-7-6-8-24(19-20)36(32,33)27-26(15-4-3-5-16-26)25(29)28-17-13-23(14-18-28)35(30,31)22-11-9-21(34-2)10-12-22/h6-12,19,23,27H,3-5,13-18H2,1-2H3. The molecule has 0 radical (unpaired) electrons. The number of carbonyl (C=O) groups excluding carboxylic acids is 1. The summed E-state index contributed by atoms with van der Waals surface area (Å²) in [5.41, 5.74) is -0.384. The molecule has 8 nitrogen and oxygen atoms in total. The highest BCUT2D eigenvalue weighted by atomic mass is 32.2. The Kier molecular flexibility index (Phi) is 7.78. The lowest BCUT2D eigenvalue weighted by atomic mass is 9.81. The van der Waals surface area contributed by atoms with Gasteiger partial charge in [0.2, 0.25) is 15.9 Å². The minimum atomic E-state index is -3.90. The number of nitrogens with zero attached hydrogens (tertiary/aromatic N) is 1. The Labute approximate surface area is 214 Å². The van der Waals surface area contributed by atoms with Crippen LogP contribution in [0.3, 0.4) is 0 Å². The minimum Gasteiger partial charge on any atom is -0.497 e. The van der Waals surface area contributed by atoms with Crippen molar-refractivity contribution >= 4 is 25.8 Å². The van der Waals surface area contributed by atoms with Crippen LogP contribution in [0.15, 0.2) is 58.3 Å². The van der Waals surface area contributed by atoms with Gasteiger partial charge < -0.3 is 9.64 Å². The van der Waals surface area contributed by atoms with Gasteiger partial charge in [0.15, 0.2) is 9.84 Å². The maximum absolute atomic E-state index is 13.8. The number of ether oxygens (including phenoxy) is 1. The summed E-state index contributed by atoms with van der Waals surface area (Å²) in [6.07, 6.45) is 3.93. The van der Waals surface area contributed by atoms with Gasteiger partial charge in [-0.15, -0.1) is 0 Å². The molecule has 2 aliphatic rings. The molecule has 0 atom stereocenters. The summed E-state index contributed by atoms with van der Waals surface area (Å²) in [5.74, 6) is 0.332. The summed E-state index contributed by atoms with van der Waals surface area (Å²) in [4.78, 5) is 15.8. The van der Waals surface area contributed by atoms with Gasteiger partial charge in [-0.1, -0.05) is 31.4 Å². The molecule has 0 aromatic heterocycles. The van der Waals surface area contributed by atoms with Crippen molar-refractivity contribution in [2.24, 2.45) is 0 Å². The smallest absolute Gasteiger partial charge is 0.243 e. The van der Waals surface area contributed by atoms with E-state index in [1.807, 2.05) is 13.0 Å². The molecule has 1 amide bonds. The molecule has 0 spiro atoms. The van der Waals surface area contributed by atoms with Crippen LogP contribution < -0.4 is 9.46 Å². The van der Waals surface area contributed by atoms with Gasteiger partial charge >= 0.3 is 0 Å². The Balaban J connectivity index is 1.50. The normalized spacial score (nSPS) is 19.1. The van der Waals surface area contributed by atoms with Crippen molar-refractivity contribution < 1.29 is 26.4 Å². The Bertz CT molecular complexity index is 1290. The fraction of sp³-hybridized carbons (Fsp3) is 0.500. The maximum Gasteiger partial charge on any atom is 0.243 e. The lowest BCUT2D eigenvalue weighted by Crippen LogP contribution is -2.61. The lowest BCUT2D eigenvalue weighted by molar-refractivity contribution is -0.139. The third kappa shape index (κ3) is 5.45. The van der Waals surface area contributed by atoms with Crippen molar-refractivity contribution in [1.29, 1.82) is 0 Å². The zero-order valence-corrected chi connectivity index (χ0v) is 22.4. The third-order valence-electron chi connectivity index (χ3n) is 7.30. The second kappa shape index (κ2) is 10.5. The molecule has 2 aromatic carbocycles. The second-order valence-electron chi connectivity index (χ2n) is 9.78. The van der Waals surface area contributed by atoms with Crippen LogP contribution in [0.4, 0.5) is 0 Å². The number of rotatable bonds is 7. The number of methoxy groups -OCH3 is 1. The van der Waals surface area contributed by atoms with Gasteiger partial charge in [0, 0.05) is 13.1 Å². The average molecular weight is 535 g/mol. The third-order valence-corrected chi connectivity index (χ3v) is 11.1. The Morgan fingerprint density at radius 1 is 0.944 bits per heavy atom. The van der Waals surface area contributed by atoms with Crippen LogP contribution in [0.25, 0.3) is 0 Å². The topological polar surface area (TPSA) is 110 Å². The summed E-state index contributed by atoms with van der Waals surface area (Å²) in [6, 6.07) is 13.0. The first kappa shape index (κ1) is 26.6. The minimum absolute atomic E-state index is 0.143. The van der Waals surface area contributed by atoms with E-state index < -0.39 is 30.6 Å². The molecule has 4 rings (SSSR count). The predicted molar refractivity (Wildman–Crippen MR) is 137 cm³/mol. The zero-order chi connectivity index (χ0) is 26.0. The van der Waals surface area contributed by atoms with E-state index in [0.29, 0.717) is 31.4 Å². The van der Waals surface area contributed by atoms with E-state index in [1.54, 1.807) is 41.3 Å². The monoisotopic (exact) mass is 534 g/mol. The molecule has 0 unspecified atom stereocenters. The molecule has 1 heterocycles. The summed E-state index contributed by atoms with van der Waals surface area (Å²) in [6.45, 7) is 2.37. The van der Waals surface area contributed by atoms with Gasteiger partial charge in [0.1, 0.15) is 11.3 Å². The van der Waals surface area contributed by atoms with E-state index in [0.717, 1.165) is 24.8 Å². The lowest BCUT2D eigenvalue weighted by Gasteiger charge is -2.42. The largest absolute Gasteiger partial charge is 0.497 e. The Morgan fingerprint density at radius 2 is 1.58 bits per heavy atom. The number of piperidine rings is 1. The van der Waals surface area contributed by atoms with Gasteiger partial charge in [0.25, 0.3) is 0 Å². The molecule has 1 aliphatic carbocycles. The molecule has 1 aliphatic heterocycles.